The number of hydrogen-bond acceptors (Lipinski definition) is 3. The second-order valence-corrected chi connectivity index (χ2v) is 5.61. The highest BCUT2D eigenvalue weighted by molar-refractivity contribution is 5.58. The molecule has 106 valence electrons. The largest absolute Gasteiger partial charge is 0.491 e. The molecule has 20 heavy (non-hydrogen) atoms. The monoisotopic (exact) mass is 271 g/mol. The number of hydrogen-bond donors (Lipinski definition) is 1. The number of ether oxygens (including phenoxy) is 1. The molecule has 1 fully saturated rings. The van der Waals surface area contributed by atoms with Gasteiger partial charge >= 0.3 is 0 Å². The van der Waals surface area contributed by atoms with Crippen molar-refractivity contribution in [1.82, 2.24) is 5.32 Å². The van der Waals surface area contributed by atoms with Crippen LogP contribution < -0.4 is 10.1 Å². The van der Waals surface area contributed by atoms with Crippen LogP contribution in [0.2, 0.25) is 0 Å². The van der Waals surface area contributed by atoms with Crippen molar-refractivity contribution in [3.63, 3.8) is 0 Å². The molecule has 1 aliphatic carbocycles. The van der Waals surface area contributed by atoms with Crippen molar-refractivity contribution in [3.8, 4) is 17.1 Å². The molecule has 1 aliphatic rings. The van der Waals surface area contributed by atoms with Crippen molar-refractivity contribution in [2.24, 2.45) is 0 Å². The van der Waals surface area contributed by atoms with Crippen LogP contribution in [-0.4, -0.2) is 12.1 Å². The Kier molecular flexibility index (Phi) is 3.79. The first-order chi connectivity index (χ1) is 9.70. The normalized spacial score (nSPS) is 14.8. The first kappa shape index (κ1) is 13.3. The molecule has 0 bridgehead atoms. The van der Waals surface area contributed by atoms with Gasteiger partial charge in [0.2, 0.25) is 0 Å². The molecular formula is C17H21NO2. The zero-order valence-corrected chi connectivity index (χ0v) is 12.1. The molecule has 3 nitrogen and oxygen atoms in total. The molecule has 0 saturated heterocycles. The third-order valence-corrected chi connectivity index (χ3v) is 3.31. The molecular weight excluding hydrogens is 250 g/mol. The van der Waals surface area contributed by atoms with Gasteiger partial charge in [-0.05, 0) is 63.1 Å². The van der Waals surface area contributed by atoms with Crippen molar-refractivity contribution in [1.29, 1.82) is 0 Å². The fourth-order valence-electron chi connectivity index (χ4n) is 2.13. The summed E-state index contributed by atoms with van der Waals surface area (Å²) in [6.45, 7) is 4.87. The maximum atomic E-state index is 5.87. The topological polar surface area (TPSA) is 34.4 Å². The lowest BCUT2D eigenvalue weighted by molar-refractivity contribution is 0.242. The summed E-state index contributed by atoms with van der Waals surface area (Å²) in [6.07, 6.45) is 2.79. The van der Waals surface area contributed by atoms with Crippen LogP contribution in [0.3, 0.4) is 0 Å². The molecule has 3 rings (SSSR count). The summed E-state index contributed by atoms with van der Waals surface area (Å²) >= 11 is 0. The van der Waals surface area contributed by atoms with E-state index < -0.39 is 0 Å². The molecule has 3 heteroatoms. The molecule has 1 saturated carbocycles. The van der Waals surface area contributed by atoms with Crippen molar-refractivity contribution >= 4 is 0 Å². The van der Waals surface area contributed by atoms with E-state index in [1.807, 2.05) is 50.2 Å². The van der Waals surface area contributed by atoms with Gasteiger partial charge < -0.3 is 14.5 Å². The van der Waals surface area contributed by atoms with Gasteiger partial charge in [-0.3, -0.25) is 0 Å². The van der Waals surface area contributed by atoms with Crippen molar-refractivity contribution in [3.05, 3.63) is 42.2 Å². The lowest BCUT2D eigenvalue weighted by atomic mass is 10.2. The van der Waals surface area contributed by atoms with Crippen LogP contribution in [-0.2, 0) is 6.54 Å². The van der Waals surface area contributed by atoms with Crippen LogP contribution in [0.5, 0.6) is 5.75 Å². The zero-order chi connectivity index (χ0) is 13.9. The molecule has 1 heterocycles. The first-order valence-electron chi connectivity index (χ1n) is 7.30. The fraction of sp³-hybridized carbons (Fsp3) is 0.412. The van der Waals surface area contributed by atoms with Gasteiger partial charge in [0.1, 0.15) is 17.3 Å². The summed E-state index contributed by atoms with van der Waals surface area (Å²) in [5.74, 6) is 2.80. The smallest absolute Gasteiger partial charge is 0.134 e. The van der Waals surface area contributed by atoms with Gasteiger partial charge in [0.25, 0.3) is 0 Å². The van der Waals surface area contributed by atoms with Gasteiger partial charge in [-0.2, -0.15) is 0 Å². The highest BCUT2D eigenvalue weighted by Crippen LogP contribution is 2.25. The number of furan rings is 1. The molecule has 0 unspecified atom stereocenters. The van der Waals surface area contributed by atoms with E-state index in [0.717, 1.165) is 29.4 Å². The van der Waals surface area contributed by atoms with Crippen LogP contribution in [0.15, 0.2) is 40.8 Å². The molecule has 2 aromatic rings. The summed E-state index contributed by atoms with van der Waals surface area (Å²) in [5.41, 5.74) is 1.08. The number of benzene rings is 1. The fourth-order valence-corrected chi connectivity index (χ4v) is 2.13. The summed E-state index contributed by atoms with van der Waals surface area (Å²) in [6, 6.07) is 12.8. The van der Waals surface area contributed by atoms with E-state index in [4.69, 9.17) is 9.15 Å². The summed E-state index contributed by atoms with van der Waals surface area (Å²) in [5, 5.41) is 3.45. The minimum atomic E-state index is 0.199. The summed E-state index contributed by atoms with van der Waals surface area (Å²) < 4.78 is 11.5. The Morgan fingerprint density at radius 3 is 2.55 bits per heavy atom. The molecule has 0 aliphatic heterocycles. The van der Waals surface area contributed by atoms with Gasteiger partial charge in [0.15, 0.2) is 0 Å². The summed E-state index contributed by atoms with van der Waals surface area (Å²) in [7, 11) is 0. The second-order valence-electron chi connectivity index (χ2n) is 5.61. The Labute approximate surface area is 119 Å². The predicted octanol–water partition coefficient (Wildman–Crippen LogP) is 3.99. The van der Waals surface area contributed by atoms with E-state index in [1.165, 1.54) is 12.8 Å². The van der Waals surface area contributed by atoms with Gasteiger partial charge in [-0.25, -0.2) is 0 Å². The maximum Gasteiger partial charge on any atom is 0.134 e. The molecule has 1 aromatic carbocycles. The number of nitrogens with one attached hydrogen (secondary N) is 1. The Morgan fingerprint density at radius 2 is 1.90 bits per heavy atom. The zero-order valence-electron chi connectivity index (χ0n) is 12.1. The van der Waals surface area contributed by atoms with E-state index in [2.05, 4.69) is 5.32 Å². The van der Waals surface area contributed by atoms with E-state index in [1.54, 1.807) is 0 Å². The lowest BCUT2D eigenvalue weighted by Gasteiger charge is -2.09. The minimum Gasteiger partial charge on any atom is -0.491 e. The standard InChI is InChI=1S/C17H21NO2/c1-12(2)19-15-7-3-13(4-8-15)17-10-9-16(20-17)11-18-14-5-6-14/h3-4,7-10,12,14,18H,5-6,11H2,1-2H3. The van der Waals surface area contributed by atoms with Gasteiger partial charge in [0.05, 0.1) is 12.6 Å². The lowest BCUT2D eigenvalue weighted by Crippen LogP contribution is -2.14. The Balaban J connectivity index is 1.65. The Morgan fingerprint density at radius 1 is 1.15 bits per heavy atom. The molecule has 0 atom stereocenters. The van der Waals surface area contributed by atoms with E-state index in [0.29, 0.717) is 6.04 Å². The molecule has 0 amide bonds. The van der Waals surface area contributed by atoms with E-state index in [-0.39, 0.29) is 6.10 Å². The Bertz CT molecular complexity index is 553. The Hall–Kier alpha value is -1.74. The quantitative estimate of drug-likeness (QED) is 0.862. The average Bonchev–Trinajstić information content (AvgIpc) is 3.14. The van der Waals surface area contributed by atoms with E-state index >= 15 is 0 Å². The third kappa shape index (κ3) is 3.42. The SMILES string of the molecule is CC(C)Oc1ccc(-c2ccc(CNC3CC3)o2)cc1. The van der Waals surface area contributed by atoms with Crippen LogP contribution in [0.4, 0.5) is 0 Å². The maximum absolute atomic E-state index is 5.87. The van der Waals surface area contributed by atoms with Crippen LogP contribution in [0.1, 0.15) is 32.4 Å². The van der Waals surface area contributed by atoms with Crippen LogP contribution in [0.25, 0.3) is 11.3 Å². The van der Waals surface area contributed by atoms with Gasteiger partial charge in [-0.1, -0.05) is 0 Å². The van der Waals surface area contributed by atoms with E-state index in [9.17, 15) is 0 Å². The highest BCUT2D eigenvalue weighted by atomic mass is 16.5. The van der Waals surface area contributed by atoms with Crippen LogP contribution >= 0.6 is 0 Å². The highest BCUT2D eigenvalue weighted by Gasteiger charge is 2.20. The molecule has 1 aromatic heterocycles. The predicted molar refractivity (Wildman–Crippen MR) is 79.8 cm³/mol. The first-order valence-corrected chi connectivity index (χ1v) is 7.30. The minimum absolute atomic E-state index is 0.199. The molecule has 1 N–H and O–H groups in total. The van der Waals surface area contributed by atoms with Crippen molar-refractivity contribution < 1.29 is 9.15 Å². The van der Waals surface area contributed by atoms with Crippen molar-refractivity contribution in [2.75, 3.05) is 0 Å². The third-order valence-electron chi connectivity index (χ3n) is 3.31. The van der Waals surface area contributed by atoms with Crippen molar-refractivity contribution in [2.45, 2.75) is 45.4 Å². The van der Waals surface area contributed by atoms with Crippen LogP contribution in [0, 0.1) is 0 Å². The second kappa shape index (κ2) is 5.71. The molecule has 0 radical (unpaired) electrons. The summed E-state index contributed by atoms with van der Waals surface area (Å²) in [4.78, 5) is 0. The average molecular weight is 271 g/mol. The molecule has 0 spiro atoms. The van der Waals surface area contributed by atoms with Gasteiger partial charge in [0, 0.05) is 11.6 Å². The number of rotatable bonds is 6. The van der Waals surface area contributed by atoms with Gasteiger partial charge in [-0.15, -0.1) is 0 Å².